The average molecular weight is 209 g/mol. The van der Waals surface area contributed by atoms with Gasteiger partial charge in [-0.05, 0) is 12.1 Å². The zero-order valence-electron chi connectivity index (χ0n) is 8.73. The molecule has 0 aliphatic carbocycles. The molecule has 0 spiro atoms. The van der Waals surface area contributed by atoms with E-state index < -0.39 is 5.97 Å². The summed E-state index contributed by atoms with van der Waals surface area (Å²) in [6.45, 7) is 1.39. The Morgan fingerprint density at radius 3 is 2.40 bits per heavy atom. The second-order valence-electron chi connectivity index (χ2n) is 2.80. The first-order valence-electron chi connectivity index (χ1n) is 4.24. The van der Waals surface area contributed by atoms with Gasteiger partial charge < -0.3 is 9.47 Å². The molecule has 1 aromatic heterocycles. The van der Waals surface area contributed by atoms with E-state index in [0.29, 0.717) is 0 Å². The van der Waals surface area contributed by atoms with Gasteiger partial charge in [0, 0.05) is 6.92 Å². The lowest BCUT2D eigenvalue weighted by Gasteiger charge is -2.06. The van der Waals surface area contributed by atoms with Gasteiger partial charge in [-0.2, -0.15) is 0 Å². The Bertz CT molecular complexity index is 400. The summed E-state index contributed by atoms with van der Waals surface area (Å²) in [4.78, 5) is 26.2. The molecule has 0 bridgehead atoms. The fraction of sp³-hybridized carbons (Fsp3) is 0.300. The van der Waals surface area contributed by atoms with Gasteiger partial charge in [0.25, 0.3) is 0 Å². The number of Topliss-reactive ketones (excluding diaryl/α,β-unsaturated/α-hetero) is 1. The van der Waals surface area contributed by atoms with E-state index in [1.807, 2.05) is 0 Å². The molecule has 0 unspecified atom stereocenters. The van der Waals surface area contributed by atoms with Crippen LogP contribution in [-0.2, 0) is 4.74 Å². The predicted octanol–water partition coefficient (Wildman–Crippen LogP) is 1.08. The molecule has 0 saturated heterocycles. The number of pyridine rings is 1. The van der Waals surface area contributed by atoms with E-state index in [1.54, 1.807) is 0 Å². The quantitative estimate of drug-likeness (QED) is 0.550. The summed E-state index contributed by atoms with van der Waals surface area (Å²) in [5, 5.41) is 0. The van der Waals surface area contributed by atoms with Crippen molar-refractivity contribution >= 4 is 11.8 Å². The molecule has 0 saturated carbocycles. The van der Waals surface area contributed by atoms with E-state index in [2.05, 4.69) is 9.72 Å². The van der Waals surface area contributed by atoms with Gasteiger partial charge in [-0.25, -0.2) is 9.78 Å². The Labute approximate surface area is 87.0 Å². The van der Waals surface area contributed by atoms with E-state index in [4.69, 9.17) is 4.74 Å². The standard InChI is InChI=1S/C10H11NO4/c1-6(12)8-5-4-7(10(13)15-3)9(11-8)14-2/h4-5H,1-3H3. The van der Waals surface area contributed by atoms with E-state index in [1.165, 1.54) is 33.3 Å². The minimum atomic E-state index is -0.547. The topological polar surface area (TPSA) is 65.5 Å². The lowest BCUT2D eigenvalue weighted by atomic mass is 10.2. The molecular formula is C10H11NO4. The lowest BCUT2D eigenvalue weighted by molar-refractivity contribution is 0.0595. The summed E-state index contributed by atoms with van der Waals surface area (Å²) in [6.07, 6.45) is 0. The Morgan fingerprint density at radius 2 is 1.93 bits per heavy atom. The van der Waals surface area contributed by atoms with E-state index in [0.717, 1.165) is 0 Å². The van der Waals surface area contributed by atoms with Crippen molar-refractivity contribution in [3.8, 4) is 5.88 Å². The molecule has 0 aliphatic rings. The van der Waals surface area contributed by atoms with Gasteiger partial charge in [0.1, 0.15) is 11.3 Å². The minimum absolute atomic E-state index is 0.0922. The van der Waals surface area contributed by atoms with Crippen LogP contribution in [0.1, 0.15) is 27.8 Å². The maximum absolute atomic E-state index is 11.2. The summed E-state index contributed by atoms with van der Waals surface area (Å²) in [5.41, 5.74) is 0.449. The average Bonchev–Trinajstić information content (AvgIpc) is 2.27. The van der Waals surface area contributed by atoms with Crippen molar-refractivity contribution in [1.82, 2.24) is 4.98 Å². The van der Waals surface area contributed by atoms with Crippen LogP contribution in [0.2, 0.25) is 0 Å². The molecule has 0 fully saturated rings. The van der Waals surface area contributed by atoms with Gasteiger partial charge in [0.05, 0.1) is 14.2 Å². The molecule has 15 heavy (non-hydrogen) atoms. The normalized spacial score (nSPS) is 9.53. The fourth-order valence-corrected chi connectivity index (χ4v) is 1.06. The number of hydrogen-bond acceptors (Lipinski definition) is 5. The summed E-state index contributed by atoms with van der Waals surface area (Å²) in [6, 6.07) is 2.91. The fourth-order valence-electron chi connectivity index (χ4n) is 1.06. The molecule has 0 amide bonds. The maximum atomic E-state index is 11.2. The van der Waals surface area contributed by atoms with Crippen LogP contribution < -0.4 is 4.74 Å². The highest BCUT2D eigenvalue weighted by atomic mass is 16.5. The Hall–Kier alpha value is -1.91. The van der Waals surface area contributed by atoms with Crippen molar-refractivity contribution in [2.45, 2.75) is 6.92 Å². The van der Waals surface area contributed by atoms with Crippen LogP contribution in [0.15, 0.2) is 12.1 Å². The third kappa shape index (κ3) is 2.31. The van der Waals surface area contributed by atoms with E-state index in [-0.39, 0.29) is 22.9 Å². The molecule has 0 aromatic carbocycles. The molecular weight excluding hydrogens is 198 g/mol. The van der Waals surface area contributed by atoms with Crippen LogP contribution in [0.25, 0.3) is 0 Å². The molecule has 80 valence electrons. The molecule has 0 aliphatic heterocycles. The third-order valence-electron chi connectivity index (χ3n) is 1.82. The molecule has 0 atom stereocenters. The molecule has 1 heterocycles. The number of hydrogen-bond donors (Lipinski definition) is 0. The number of methoxy groups -OCH3 is 2. The minimum Gasteiger partial charge on any atom is -0.480 e. The van der Waals surface area contributed by atoms with Gasteiger partial charge in [0.15, 0.2) is 5.78 Å². The van der Waals surface area contributed by atoms with Gasteiger partial charge in [-0.3, -0.25) is 4.79 Å². The number of carbonyl (C=O) groups is 2. The first kappa shape index (κ1) is 11.2. The Morgan fingerprint density at radius 1 is 1.27 bits per heavy atom. The van der Waals surface area contributed by atoms with Crippen LogP contribution in [0, 0.1) is 0 Å². The van der Waals surface area contributed by atoms with Crippen LogP contribution in [-0.4, -0.2) is 31.0 Å². The number of ketones is 1. The SMILES string of the molecule is COC(=O)c1ccc(C(C)=O)nc1OC. The van der Waals surface area contributed by atoms with Gasteiger partial charge in [0.2, 0.25) is 5.88 Å². The van der Waals surface area contributed by atoms with Crippen molar-refractivity contribution in [2.75, 3.05) is 14.2 Å². The molecule has 1 aromatic rings. The molecule has 5 nitrogen and oxygen atoms in total. The summed E-state index contributed by atoms with van der Waals surface area (Å²) in [5.74, 6) is -0.645. The van der Waals surface area contributed by atoms with Gasteiger partial charge in [-0.1, -0.05) is 0 Å². The maximum Gasteiger partial charge on any atom is 0.343 e. The number of esters is 1. The number of rotatable bonds is 3. The van der Waals surface area contributed by atoms with Crippen LogP contribution >= 0.6 is 0 Å². The Kier molecular flexibility index (Phi) is 3.38. The largest absolute Gasteiger partial charge is 0.480 e. The first-order chi connectivity index (χ1) is 7.10. The number of carbonyl (C=O) groups excluding carboxylic acids is 2. The number of nitrogens with zero attached hydrogens (tertiary/aromatic N) is 1. The molecule has 1 rings (SSSR count). The zero-order chi connectivity index (χ0) is 11.4. The third-order valence-corrected chi connectivity index (χ3v) is 1.82. The van der Waals surface area contributed by atoms with Crippen molar-refractivity contribution in [3.63, 3.8) is 0 Å². The van der Waals surface area contributed by atoms with Crippen LogP contribution in [0.4, 0.5) is 0 Å². The van der Waals surface area contributed by atoms with Crippen LogP contribution in [0.3, 0.4) is 0 Å². The molecule has 0 N–H and O–H groups in total. The van der Waals surface area contributed by atoms with Crippen molar-refractivity contribution in [1.29, 1.82) is 0 Å². The van der Waals surface area contributed by atoms with E-state index >= 15 is 0 Å². The second-order valence-corrected chi connectivity index (χ2v) is 2.80. The number of aromatic nitrogens is 1. The Balaban J connectivity index is 3.20. The second kappa shape index (κ2) is 4.54. The van der Waals surface area contributed by atoms with Crippen molar-refractivity contribution in [2.24, 2.45) is 0 Å². The van der Waals surface area contributed by atoms with Crippen LogP contribution in [0.5, 0.6) is 5.88 Å². The summed E-state index contributed by atoms with van der Waals surface area (Å²) >= 11 is 0. The van der Waals surface area contributed by atoms with Gasteiger partial charge >= 0.3 is 5.97 Å². The first-order valence-corrected chi connectivity index (χ1v) is 4.24. The highest BCUT2D eigenvalue weighted by Gasteiger charge is 2.15. The molecule has 0 radical (unpaired) electrons. The lowest BCUT2D eigenvalue weighted by Crippen LogP contribution is -2.08. The van der Waals surface area contributed by atoms with Crippen molar-refractivity contribution < 1.29 is 19.1 Å². The smallest absolute Gasteiger partial charge is 0.343 e. The van der Waals surface area contributed by atoms with Gasteiger partial charge in [-0.15, -0.1) is 0 Å². The van der Waals surface area contributed by atoms with E-state index in [9.17, 15) is 9.59 Å². The zero-order valence-corrected chi connectivity index (χ0v) is 8.73. The highest BCUT2D eigenvalue weighted by molar-refractivity contribution is 5.95. The number of ether oxygens (including phenoxy) is 2. The molecule has 5 heteroatoms. The monoisotopic (exact) mass is 209 g/mol. The van der Waals surface area contributed by atoms with Crippen molar-refractivity contribution in [3.05, 3.63) is 23.4 Å². The predicted molar refractivity (Wildman–Crippen MR) is 52.1 cm³/mol. The summed E-state index contributed by atoms with van der Waals surface area (Å²) in [7, 11) is 2.64. The highest BCUT2D eigenvalue weighted by Crippen LogP contribution is 2.16. The summed E-state index contributed by atoms with van der Waals surface area (Å²) < 4.78 is 9.43.